The molecule has 1 aromatic carbocycles. The maximum absolute atomic E-state index is 11.9. The lowest BCUT2D eigenvalue weighted by atomic mass is 10.1. The fraction of sp³-hybridized carbons (Fsp3) is 0.364. The van der Waals surface area contributed by atoms with E-state index in [2.05, 4.69) is 0 Å². The monoisotopic (exact) mass is 219 g/mol. The molecule has 1 aliphatic heterocycles. The number of nitrogens with two attached hydrogens (primary N) is 1. The first kappa shape index (κ1) is 9.47. The van der Waals surface area contributed by atoms with Crippen molar-refractivity contribution in [1.29, 1.82) is 0 Å². The van der Waals surface area contributed by atoms with Gasteiger partial charge in [0.2, 0.25) is 0 Å². The number of para-hydroxylation sites is 1. The lowest BCUT2D eigenvalue weighted by Crippen LogP contribution is -2.29. The van der Waals surface area contributed by atoms with Crippen LogP contribution in [0.4, 0.5) is 0 Å². The maximum atomic E-state index is 11.9. The van der Waals surface area contributed by atoms with E-state index in [1.807, 2.05) is 12.1 Å². The third kappa shape index (κ3) is 1.06. The molecule has 5 nitrogen and oxygen atoms in total. The Labute approximate surface area is 91.7 Å². The number of hydrogen-bond donors (Lipinski definition) is 2. The molecule has 0 saturated heterocycles. The maximum Gasteiger partial charge on any atom is 0.347 e. The standard InChI is InChI=1S/C11H13N3O2/c12-14-8-4-1-3-7-9(15)5-2-6-13(10(7)8)11(14)16/h1,3-4,9,15H,2,5-6,12H2. The minimum Gasteiger partial charge on any atom is -0.388 e. The molecule has 1 unspecified atom stereocenters. The summed E-state index contributed by atoms with van der Waals surface area (Å²) in [5, 5.41) is 9.99. The topological polar surface area (TPSA) is 73.2 Å². The van der Waals surface area contributed by atoms with E-state index in [1.165, 1.54) is 0 Å². The van der Waals surface area contributed by atoms with Gasteiger partial charge in [0.25, 0.3) is 0 Å². The Morgan fingerprint density at radius 1 is 1.44 bits per heavy atom. The van der Waals surface area contributed by atoms with Crippen molar-refractivity contribution >= 4 is 11.0 Å². The molecule has 2 aromatic rings. The van der Waals surface area contributed by atoms with E-state index < -0.39 is 6.10 Å². The van der Waals surface area contributed by atoms with Crippen LogP contribution in [0.1, 0.15) is 24.5 Å². The largest absolute Gasteiger partial charge is 0.388 e. The summed E-state index contributed by atoms with van der Waals surface area (Å²) in [6, 6.07) is 5.47. The fourth-order valence-electron chi connectivity index (χ4n) is 2.44. The van der Waals surface area contributed by atoms with Crippen LogP contribution < -0.4 is 11.5 Å². The van der Waals surface area contributed by atoms with Gasteiger partial charge in [-0.25, -0.2) is 9.47 Å². The van der Waals surface area contributed by atoms with Crippen LogP contribution in [0.3, 0.4) is 0 Å². The van der Waals surface area contributed by atoms with Crippen LogP contribution in [0.15, 0.2) is 23.0 Å². The van der Waals surface area contributed by atoms with Gasteiger partial charge in [-0.15, -0.1) is 0 Å². The van der Waals surface area contributed by atoms with E-state index in [9.17, 15) is 9.90 Å². The molecule has 0 fully saturated rings. The predicted octanol–water partition coefficient (Wildman–Crippen LogP) is 0.344. The zero-order valence-electron chi connectivity index (χ0n) is 8.76. The molecule has 16 heavy (non-hydrogen) atoms. The van der Waals surface area contributed by atoms with Crippen molar-refractivity contribution in [3.63, 3.8) is 0 Å². The highest BCUT2D eigenvalue weighted by Crippen LogP contribution is 2.29. The summed E-state index contributed by atoms with van der Waals surface area (Å²) in [6.45, 7) is 0.619. The molecule has 0 radical (unpaired) electrons. The molecule has 1 atom stereocenters. The first-order chi connectivity index (χ1) is 7.70. The van der Waals surface area contributed by atoms with Crippen molar-refractivity contribution in [1.82, 2.24) is 9.24 Å². The first-order valence-corrected chi connectivity index (χ1v) is 5.37. The number of imidazole rings is 1. The highest BCUT2D eigenvalue weighted by Gasteiger charge is 2.21. The van der Waals surface area contributed by atoms with Crippen molar-refractivity contribution in [3.8, 4) is 0 Å². The third-order valence-corrected chi connectivity index (χ3v) is 3.23. The number of nitrogens with zero attached hydrogens (tertiary/aromatic N) is 2. The lowest BCUT2D eigenvalue weighted by Gasteiger charge is -2.08. The molecule has 2 heterocycles. The van der Waals surface area contributed by atoms with E-state index in [0.29, 0.717) is 18.5 Å². The lowest BCUT2D eigenvalue weighted by molar-refractivity contribution is 0.167. The zero-order chi connectivity index (χ0) is 11.3. The van der Waals surface area contributed by atoms with Gasteiger partial charge in [0.15, 0.2) is 0 Å². The van der Waals surface area contributed by atoms with E-state index in [-0.39, 0.29) is 5.69 Å². The van der Waals surface area contributed by atoms with E-state index >= 15 is 0 Å². The van der Waals surface area contributed by atoms with E-state index in [1.54, 1.807) is 10.6 Å². The number of nitrogen functional groups attached to an aromatic ring is 1. The van der Waals surface area contributed by atoms with Crippen molar-refractivity contribution in [2.75, 3.05) is 5.84 Å². The number of aromatic nitrogens is 2. The van der Waals surface area contributed by atoms with Crippen LogP contribution in [-0.4, -0.2) is 14.3 Å². The summed E-state index contributed by atoms with van der Waals surface area (Å²) >= 11 is 0. The Balaban J connectivity index is 2.51. The summed E-state index contributed by atoms with van der Waals surface area (Å²) in [7, 11) is 0. The molecule has 0 bridgehead atoms. The summed E-state index contributed by atoms with van der Waals surface area (Å²) in [5.41, 5.74) is 2.05. The second kappa shape index (κ2) is 3.12. The van der Waals surface area contributed by atoms with Gasteiger partial charge in [0.05, 0.1) is 17.1 Å². The number of aryl methyl sites for hydroxylation is 1. The van der Waals surface area contributed by atoms with Crippen molar-refractivity contribution < 1.29 is 5.11 Å². The van der Waals surface area contributed by atoms with Crippen molar-refractivity contribution in [2.45, 2.75) is 25.5 Å². The molecule has 3 N–H and O–H groups in total. The van der Waals surface area contributed by atoms with Gasteiger partial charge in [0, 0.05) is 12.1 Å². The Morgan fingerprint density at radius 3 is 3.06 bits per heavy atom. The molecule has 1 aliphatic rings. The number of benzene rings is 1. The number of aliphatic hydroxyl groups is 1. The van der Waals surface area contributed by atoms with Gasteiger partial charge < -0.3 is 10.9 Å². The Bertz CT molecular complexity index is 611. The van der Waals surface area contributed by atoms with Crippen molar-refractivity contribution in [3.05, 3.63) is 34.2 Å². The highest BCUT2D eigenvalue weighted by atomic mass is 16.3. The Morgan fingerprint density at radius 2 is 2.25 bits per heavy atom. The second-order valence-electron chi connectivity index (χ2n) is 4.18. The number of aliphatic hydroxyl groups excluding tert-OH is 1. The summed E-state index contributed by atoms with van der Waals surface area (Å²) in [5.74, 6) is 5.71. The average Bonchev–Trinajstić information content (AvgIpc) is 2.47. The van der Waals surface area contributed by atoms with Crippen LogP contribution in [0.25, 0.3) is 11.0 Å². The first-order valence-electron chi connectivity index (χ1n) is 5.37. The van der Waals surface area contributed by atoms with E-state index in [4.69, 9.17) is 5.84 Å². The number of hydrogen-bond acceptors (Lipinski definition) is 3. The van der Waals surface area contributed by atoms with Crippen LogP contribution >= 0.6 is 0 Å². The van der Waals surface area contributed by atoms with Crippen LogP contribution in [0.2, 0.25) is 0 Å². The van der Waals surface area contributed by atoms with Gasteiger partial charge in [-0.05, 0) is 18.9 Å². The molecule has 0 aliphatic carbocycles. The van der Waals surface area contributed by atoms with Crippen molar-refractivity contribution in [2.24, 2.45) is 0 Å². The van der Waals surface area contributed by atoms with Crippen LogP contribution in [0.5, 0.6) is 0 Å². The zero-order valence-corrected chi connectivity index (χ0v) is 8.76. The Hall–Kier alpha value is -1.75. The Kier molecular flexibility index (Phi) is 1.85. The molecule has 0 spiro atoms. The quantitative estimate of drug-likeness (QED) is 0.628. The van der Waals surface area contributed by atoms with Gasteiger partial charge in [-0.3, -0.25) is 4.57 Å². The molecule has 0 amide bonds. The van der Waals surface area contributed by atoms with Gasteiger partial charge in [-0.2, -0.15) is 0 Å². The molecular weight excluding hydrogens is 206 g/mol. The second-order valence-corrected chi connectivity index (χ2v) is 4.18. The van der Waals surface area contributed by atoms with Gasteiger partial charge >= 0.3 is 5.69 Å². The summed E-state index contributed by atoms with van der Waals surface area (Å²) in [6.07, 6.45) is 0.971. The molecule has 1 aromatic heterocycles. The fourth-order valence-corrected chi connectivity index (χ4v) is 2.44. The molecule has 84 valence electrons. The minimum absolute atomic E-state index is 0.212. The van der Waals surface area contributed by atoms with Crippen LogP contribution in [0, 0.1) is 0 Å². The van der Waals surface area contributed by atoms with E-state index in [0.717, 1.165) is 22.2 Å². The normalized spacial score (nSPS) is 19.9. The summed E-state index contributed by atoms with van der Waals surface area (Å²) in [4.78, 5) is 11.9. The SMILES string of the molecule is Nn1c(=O)n2c3c(cccc31)C(O)CCC2. The predicted molar refractivity (Wildman–Crippen MR) is 60.5 cm³/mol. The minimum atomic E-state index is -0.501. The van der Waals surface area contributed by atoms with Gasteiger partial charge in [-0.1, -0.05) is 12.1 Å². The average molecular weight is 219 g/mol. The number of rotatable bonds is 0. The molecule has 3 rings (SSSR count). The molecule has 5 heteroatoms. The molecular formula is C11H13N3O2. The van der Waals surface area contributed by atoms with Gasteiger partial charge in [0.1, 0.15) is 0 Å². The van der Waals surface area contributed by atoms with Crippen LogP contribution in [-0.2, 0) is 6.54 Å². The third-order valence-electron chi connectivity index (χ3n) is 3.23. The smallest absolute Gasteiger partial charge is 0.347 e. The highest BCUT2D eigenvalue weighted by molar-refractivity contribution is 5.80. The summed E-state index contributed by atoms with van der Waals surface area (Å²) < 4.78 is 2.80. The molecule has 0 saturated carbocycles.